The van der Waals surface area contributed by atoms with Crippen molar-refractivity contribution in [2.24, 2.45) is 5.92 Å². The second kappa shape index (κ2) is 5.41. The van der Waals surface area contributed by atoms with Gasteiger partial charge in [-0.25, -0.2) is 4.98 Å². The van der Waals surface area contributed by atoms with Gasteiger partial charge in [-0.2, -0.15) is 4.98 Å². The van der Waals surface area contributed by atoms with E-state index in [-0.39, 0.29) is 30.9 Å². The van der Waals surface area contributed by atoms with E-state index in [1.807, 2.05) is 13.8 Å². The van der Waals surface area contributed by atoms with Crippen LogP contribution in [0.5, 0.6) is 6.01 Å². The molecule has 0 aromatic carbocycles. The van der Waals surface area contributed by atoms with E-state index < -0.39 is 0 Å². The molecule has 1 aromatic rings. The highest BCUT2D eigenvalue weighted by atomic mass is 16.5. The van der Waals surface area contributed by atoms with Crippen LogP contribution >= 0.6 is 0 Å². The molecule has 1 heterocycles. The minimum absolute atomic E-state index is 0.0243. The molecule has 0 aliphatic heterocycles. The zero-order valence-corrected chi connectivity index (χ0v) is 8.80. The Labute approximate surface area is 88.1 Å². The zero-order chi connectivity index (χ0) is 11.3. The van der Waals surface area contributed by atoms with Crippen LogP contribution in [-0.2, 0) is 16.1 Å². The number of carbonyl (C=O) groups excluding carboxylic acids is 1. The Morgan fingerprint density at radius 2 is 2.33 bits per heavy atom. The van der Waals surface area contributed by atoms with E-state index in [1.54, 1.807) is 6.07 Å². The van der Waals surface area contributed by atoms with E-state index in [1.165, 1.54) is 6.20 Å². The molecule has 15 heavy (non-hydrogen) atoms. The molecule has 0 fully saturated rings. The number of ether oxygens (including phenoxy) is 1. The minimum Gasteiger partial charge on any atom is -0.479 e. The molecule has 0 bridgehead atoms. The first-order valence-corrected chi connectivity index (χ1v) is 4.71. The Morgan fingerprint density at radius 1 is 1.60 bits per heavy atom. The standard InChI is InChI=1S/C10H14N2O3/c1-7(2)9(13)6-15-5-8-3-4-11-10(14)12-8/h3-4,7H,5-6H2,1-2H3,(H,11,12,14). The van der Waals surface area contributed by atoms with Gasteiger partial charge in [-0.1, -0.05) is 13.8 Å². The molecule has 82 valence electrons. The van der Waals surface area contributed by atoms with Gasteiger partial charge in [0.15, 0.2) is 5.78 Å². The third-order valence-corrected chi connectivity index (χ3v) is 1.84. The van der Waals surface area contributed by atoms with E-state index in [2.05, 4.69) is 9.97 Å². The maximum Gasteiger partial charge on any atom is 0.314 e. The molecule has 5 nitrogen and oxygen atoms in total. The Balaban J connectivity index is 2.35. The number of aromatic hydroxyl groups is 1. The number of ketones is 1. The predicted octanol–water partition coefficient (Wildman–Crippen LogP) is 0.924. The van der Waals surface area contributed by atoms with Gasteiger partial charge in [0, 0.05) is 12.1 Å². The summed E-state index contributed by atoms with van der Waals surface area (Å²) in [5, 5.41) is 8.97. The SMILES string of the molecule is CC(C)C(=O)COCc1ccnc(O)n1. The van der Waals surface area contributed by atoms with Crippen molar-refractivity contribution in [1.82, 2.24) is 9.97 Å². The van der Waals surface area contributed by atoms with Crippen LogP contribution in [-0.4, -0.2) is 27.5 Å². The summed E-state index contributed by atoms with van der Waals surface area (Å²) in [6.45, 7) is 3.92. The largest absolute Gasteiger partial charge is 0.479 e. The highest BCUT2D eigenvalue weighted by Crippen LogP contribution is 2.02. The van der Waals surface area contributed by atoms with Gasteiger partial charge in [-0.3, -0.25) is 4.79 Å². The lowest BCUT2D eigenvalue weighted by atomic mass is 10.1. The molecule has 0 saturated carbocycles. The number of Topliss-reactive ketones (excluding diaryl/α,β-unsaturated/α-hetero) is 1. The smallest absolute Gasteiger partial charge is 0.314 e. The monoisotopic (exact) mass is 210 g/mol. The van der Waals surface area contributed by atoms with Crippen molar-refractivity contribution in [3.8, 4) is 6.01 Å². The van der Waals surface area contributed by atoms with Crippen LogP contribution < -0.4 is 0 Å². The van der Waals surface area contributed by atoms with Gasteiger partial charge in [0.1, 0.15) is 6.61 Å². The molecule has 1 aromatic heterocycles. The zero-order valence-electron chi connectivity index (χ0n) is 8.80. The topological polar surface area (TPSA) is 72.3 Å². The third-order valence-electron chi connectivity index (χ3n) is 1.84. The second-order valence-corrected chi connectivity index (χ2v) is 3.46. The number of aromatic nitrogens is 2. The van der Waals surface area contributed by atoms with Gasteiger partial charge >= 0.3 is 6.01 Å². The summed E-state index contributed by atoms with van der Waals surface area (Å²) in [6.07, 6.45) is 1.44. The Hall–Kier alpha value is -1.49. The van der Waals surface area contributed by atoms with Crippen LogP contribution in [0.15, 0.2) is 12.3 Å². The molecule has 0 aliphatic rings. The molecule has 1 rings (SSSR count). The van der Waals surface area contributed by atoms with Crippen LogP contribution in [0.3, 0.4) is 0 Å². The van der Waals surface area contributed by atoms with Gasteiger partial charge in [0.25, 0.3) is 0 Å². The van der Waals surface area contributed by atoms with Gasteiger partial charge in [-0.15, -0.1) is 0 Å². The number of hydrogen-bond donors (Lipinski definition) is 1. The van der Waals surface area contributed by atoms with Crippen molar-refractivity contribution in [2.75, 3.05) is 6.61 Å². The minimum atomic E-state index is -0.286. The summed E-state index contributed by atoms with van der Waals surface area (Å²) in [5.74, 6) is 0.0251. The van der Waals surface area contributed by atoms with Gasteiger partial charge in [0.05, 0.1) is 12.3 Å². The first kappa shape index (κ1) is 11.6. The molecule has 0 saturated heterocycles. The number of nitrogens with zero attached hydrogens (tertiary/aromatic N) is 2. The summed E-state index contributed by atoms with van der Waals surface area (Å²) in [6, 6.07) is 1.34. The lowest BCUT2D eigenvalue weighted by Crippen LogP contribution is -2.14. The van der Waals surface area contributed by atoms with E-state index in [0.29, 0.717) is 5.69 Å². The summed E-state index contributed by atoms with van der Waals surface area (Å²) in [4.78, 5) is 18.4. The van der Waals surface area contributed by atoms with Crippen molar-refractivity contribution in [3.05, 3.63) is 18.0 Å². The molecule has 0 amide bonds. The van der Waals surface area contributed by atoms with Gasteiger partial charge < -0.3 is 9.84 Å². The fourth-order valence-corrected chi connectivity index (χ4v) is 0.888. The molecule has 0 radical (unpaired) electrons. The van der Waals surface area contributed by atoms with Gasteiger partial charge in [-0.05, 0) is 6.07 Å². The fourth-order valence-electron chi connectivity index (χ4n) is 0.888. The maximum absolute atomic E-state index is 11.2. The van der Waals surface area contributed by atoms with E-state index in [9.17, 15) is 4.79 Å². The molecule has 0 spiro atoms. The van der Waals surface area contributed by atoms with Gasteiger partial charge in [0.2, 0.25) is 0 Å². The average Bonchev–Trinajstić information content (AvgIpc) is 2.17. The van der Waals surface area contributed by atoms with Crippen molar-refractivity contribution < 1.29 is 14.6 Å². The van der Waals surface area contributed by atoms with Crippen LogP contribution in [0.25, 0.3) is 0 Å². The van der Waals surface area contributed by atoms with E-state index >= 15 is 0 Å². The quantitative estimate of drug-likeness (QED) is 0.782. The summed E-state index contributed by atoms with van der Waals surface area (Å²) in [7, 11) is 0. The summed E-state index contributed by atoms with van der Waals surface area (Å²) < 4.78 is 5.15. The Morgan fingerprint density at radius 3 is 2.93 bits per heavy atom. The molecule has 0 unspecified atom stereocenters. The van der Waals surface area contributed by atoms with Crippen molar-refractivity contribution >= 4 is 5.78 Å². The van der Waals surface area contributed by atoms with Crippen LogP contribution in [0, 0.1) is 5.92 Å². The molecule has 0 aliphatic carbocycles. The lowest BCUT2D eigenvalue weighted by molar-refractivity contribution is -0.126. The predicted molar refractivity (Wildman–Crippen MR) is 53.2 cm³/mol. The van der Waals surface area contributed by atoms with Crippen molar-refractivity contribution in [2.45, 2.75) is 20.5 Å². The second-order valence-electron chi connectivity index (χ2n) is 3.46. The Kier molecular flexibility index (Phi) is 4.17. The summed E-state index contributed by atoms with van der Waals surface area (Å²) in [5.41, 5.74) is 0.555. The first-order valence-electron chi connectivity index (χ1n) is 4.71. The van der Waals surface area contributed by atoms with Crippen molar-refractivity contribution in [3.63, 3.8) is 0 Å². The van der Waals surface area contributed by atoms with Crippen molar-refractivity contribution in [1.29, 1.82) is 0 Å². The number of rotatable bonds is 5. The first-order chi connectivity index (χ1) is 7.09. The van der Waals surface area contributed by atoms with Crippen LogP contribution in [0.1, 0.15) is 19.5 Å². The average molecular weight is 210 g/mol. The Bertz CT molecular complexity index is 339. The normalized spacial score (nSPS) is 10.6. The maximum atomic E-state index is 11.2. The lowest BCUT2D eigenvalue weighted by Gasteiger charge is -2.05. The van der Waals surface area contributed by atoms with Crippen LogP contribution in [0.4, 0.5) is 0 Å². The highest BCUT2D eigenvalue weighted by Gasteiger charge is 2.07. The molecule has 1 N–H and O–H groups in total. The molecule has 5 heteroatoms. The van der Waals surface area contributed by atoms with E-state index in [4.69, 9.17) is 9.84 Å². The third kappa shape index (κ3) is 4.03. The molecular formula is C10H14N2O3. The molecule has 0 atom stereocenters. The number of carbonyl (C=O) groups is 1. The summed E-state index contributed by atoms with van der Waals surface area (Å²) >= 11 is 0. The fraction of sp³-hybridized carbons (Fsp3) is 0.500. The van der Waals surface area contributed by atoms with Crippen LogP contribution in [0.2, 0.25) is 0 Å². The van der Waals surface area contributed by atoms with E-state index in [0.717, 1.165) is 0 Å². The number of hydrogen-bond acceptors (Lipinski definition) is 5. The molecular weight excluding hydrogens is 196 g/mol. The highest BCUT2D eigenvalue weighted by molar-refractivity contribution is 5.81.